The predicted molar refractivity (Wildman–Crippen MR) is 69.5 cm³/mol. The zero-order chi connectivity index (χ0) is 12.6. The second kappa shape index (κ2) is 4.74. The van der Waals surface area contributed by atoms with Crippen LogP contribution in [-0.4, -0.2) is 23.4 Å². The van der Waals surface area contributed by atoms with Gasteiger partial charge in [0, 0.05) is 6.61 Å². The molecule has 4 atom stereocenters. The molecule has 0 spiro atoms. The standard InChI is InChI=1S/C15H26O2/c1-10-4-5-12-14(10)13(15(12,2)3)8-11(9-17)6-7-16/h8,10,12-14,16-17H,4-7,9H2,1-3H3/b11-8-/t10-,12-,13-,14+/m0/s1. The van der Waals surface area contributed by atoms with Crippen LogP contribution in [0.3, 0.4) is 0 Å². The zero-order valence-corrected chi connectivity index (χ0v) is 11.3. The van der Waals surface area contributed by atoms with Crippen molar-refractivity contribution < 1.29 is 10.2 Å². The Hall–Kier alpha value is -0.340. The van der Waals surface area contributed by atoms with Crippen molar-refractivity contribution in [3.63, 3.8) is 0 Å². The third kappa shape index (κ3) is 2.06. The van der Waals surface area contributed by atoms with E-state index in [0.29, 0.717) is 17.8 Å². The molecule has 2 N–H and O–H groups in total. The van der Waals surface area contributed by atoms with Gasteiger partial charge < -0.3 is 10.2 Å². The van der Waals surface area contributed by atoms with Gasteiger partial charge in [0.2, 0.25) is 0 Å². The van der Waals surface area contributed by atoms with Crippen LogP contribution in [0, 0.1) is 29.1 Å². The van der Waals surface area contributed by atoms with E-state index in [9.17, 15) is 5.11 Å². The fourth-order valence-electron chi connectivity index (χ4n) is 4.26. The average molecular weight is 238 g/mol. The smallest absolute Gasteiger partial charge is 0.0642 e. The molecule has 0 aliphatic heterocycles. The van der Waals surface area contributed by atoms with Crippen molar-refractivity contribution in [1.82, 2.24) is 0 Å². The Morgan fingerprint density at radius 2 is 2.00 bits per heavy atom. The van der Waals surface area contributed by atoms with Gasteiger partial charge in [0.25, 0.3) is 0 Å². The number of allylic oxidation sites excluding steroid dienone is 1. The number of fused-ring (bicyclic) bond motifs is 1. The molecule has 98 valence electrons. The lowest BCUT2D eigenvalue weighted by Crippen LogP contribution is -2.51. The molecule has 0 bridgehead atoms. The van der Waals surface area contributed by atoms with Gasteiger partial charge in [0.05, 0.1) is 6.61 Å². The van der Waals surface area contributed by atoms with Gasteiger partial charge in [-0.25, -0.2) is 0 Å². The van der Waals surface area contributed by atoms with Crippen LogP contribution in [0.4, 0.5) is 0 Å². The topological polar surface area (TPSA) is 40.5 Å². The van der Waals surface area contributed by atoms with E-state index in [2.05, 4.69) is 26.8 Å². The van der Waals surface area contributed by atoms with Crippen LogP contribution in [0.15, 0.2) is 11.6 Å². The molecule has 0 heterocycles. The summed E-state index contributed by atoms with van der Waals surface area (Å²) in [5, 5.41) is 18.3. The SMILES string of the molecule is C[C@H]1CC[C@H]2[C@@H]1[C@H](/C=C(\CO)CCO)C2(C)C. The van der Waals surface area contributed by atoms with Crippen LogP contribution < -0.4 is 0 Å². The first-order valence-corrected chi connectivity index (χ1v) is 6.93. The molecule has 2 rings (SSSR count). The Balaban J connectivity index is 2.14. The molecule has 2 aliphatic rings. The van der Waals surface area contributed by atoms with Crippen LogP contribution in [0.1, 0.15) is 40.0 Å². The Kier molecular flexibility index (Phi) is 3.65. The highest BCUT2D eigenvalue weighted by atomic mass is 16.3. The summed E-state index contributed by atoms with van der Waals surface area (Å²) in [7, 11) is 0. The van der Waals surface area contributed by atoms with Crippen molar-refractivity contribution in [3.8, 4) is 0 Å². The highest BCUT2D eigenvalue weighted by Crippen LogP contribution is 2.65. The summed E-state index contributed by atoms with van der Waals surface area (Å²) < 4.78 is 0. The van der Waals surface area contributed by atoms with Gasteiger partial charge in [-0.1, -0.05) is 33.3 Å². The predicted octanol–water partition coefficient (Wildman–Crippen LogP) is 2.61. The molecule has 0 aromatic rings. The molecule has 0 aromatic heterocycles. The van der Waals surface area contributed by atoms with E-state index in [0.717, 1.165) is 23.3 Å². The first-order chi connectivity index (χ1) is 8.02. The van der Waals surface area contributed by atoms with Gasteiger partial charge in [-0.05, 0) is 47.5 Å². The van der Waals surface area contributed by atoms with Crippen LogP contribution in [0.5, 0.6) is 0 Å². The number of aliphatic hydroxyl groups is 2. The molecule has 2 heteroatoms. The molecule has 2 aliphatic carbocycles. The lowest BCUT2D eigenvalue weighted by molar-refractivity contribution is -0.0631. The van der Waals surface area contributed by atoms with Crippen molar-refractivity contribution >= 4 is 0 Å². The lowest BCUT2D eigenvalue weighted by Gasteiger charge is -2.57. The summed E-state index contributed by atoms with van der Waals surface area (Å²) in [5.41, 5.74) is 1.40. The fourth-order valence-corrected chi connectivity index (χ4v) is 4.26. The molecule has 0 aromatic carbocycles. The van der Waals surface area contributed by atoms with E-state index in [1.54, 1.807) is 0 Å². The Labute approximate surface area is 105 Å². The lowest BCUT2D eigenvalue weighted by atomic mass is 9.48. The van der Waals surface area contributed by atoms with E-state index in [1.165, 1.54) is 12.8 Å². The Morgan fingerprint density at radius 3 is 2.59 bits per heavy atom. The number of rotatable bonds is 4. The van der Waals surface area contributed by atoms with E-state index < -0.39 is 0 Å². The molecule has 2 saturated carbocycles. The third-order valence-electron chi connectivity index (χ3n) is 5.34. The molecule has 2 fully saturated rings. The largest absolute Gasteiger partial charge is 0.396 e. The molecule has 0 amide bonds. The van der Waals surface area contributed by atoms with Crippen LogP contribution in [-0.2, 0) is 0 Å². The normalized spacial score (nSPS) is 39.9. The average Bonchev–Trinajstić information content (AvgIpc) is 2.64. The molecular formula is C15H26O2. The minimum atomic E-state index is 0.0961. The quantitative estimate of drug-likeness (QED) is 0.739. The van der Waals surface area contributed by atoms with Gasteiger partial charge in [-0.2, -0.15) is 0 Å². The first kappa shape index (κ1) is 13.1. The summed E-state index contributed by atoms with van der Waals surface area (Å²) in [5.74, 6) is 3.10. The summed E-state index contributed by atoms with van der Waals surface area (Å²) in [6.45, 7) is 7.33. The number of hydrogen-bond donors (Lipinski definition) is 2. The van der Waals surface area contributed by atoms with Crippen LogP contribution in [0.25, 0.3) is 0 Å². The maximum atomic E-state index is 9.32. The van der Waals surface area contributed by atoms with Gasteiger partial charge in [0.1, 0.15) is 0 Å². The second-order valence-electron chi connectivity index (χ2n) is 6.54. The van der Waals surface area contributed by atoms with Crippen molar-refractivity contribution in [3.05, 3.63) is 11.6 Å². The molecule has 17 heavy (non-hydrogen) atoms. The number of hydrogen-bond acceptors (Lipinski definition) is 2. The first-order valence-electron chi connectivity index (χ1n) is 6.93. The van der Waals surface area contributed by atoms with Crippen LogP contribution >= 0.6 is 0 Å². The molecular weight excluding hydrogens is 212 g/mol. The summed E-state index contributed by atoms with van der Waals surface area (Å²) >= 11 is 0. The molecule has 0 unspecified atom stereocenters. The van der Waals surface area contributed by atoms with E-state index in [-0.39, 0.29) is 13.2 Å². The maximum absolute atomic E-state index is 9.32. The van der Waals surface area contributed by atoms with Gasteiger partial charge in [0.15, 0.2) is 0 Å². The molecule has 0 radical (unpaired) electrons. The highest BCUT2D eigenvalue weighted by Gasteiger charge is 2.58. The van der Waals surface area contributed by atoms with Gasteiger partial charge in [-0.3, -0.25) is 0 Å². The second-order valence-corrected chi connectivity index (χ2v) is 6.54. The van der Waals surface area contributed by atoms with Crippen molar-refractivity contribution in [2.75, 3.05) is 13.2 Å². The third-order valence-corrected chi connectivity index (χ3v) is 5.34. The highest BCUT2D eigenvalue weighted by molar-refractivity contribution is 5.18. The maximum Gasteiger partial charge on any atom is 0.0642 e. The monoisotopic (exact) mass is 238 g/mol. The molecule has 2 nitrogen and oxygen atoms in total. The minimum absolute atomic E-state index is 0.0961. The van der Waals surface area contributed by atoms with E-state index >= 15 is 0 Å². The number of aliphatic hydroxyl groups excluding tert-OH is 2. The summed E-state index contributed by atoms with van der Waals surface area (Å²) in [6, 6.07) is 0. The summed E-state index contributed by atoms with van der Waals surface area (Å²) in [6.07, 6.45) is 5.61. The van der Waals surface area contributed by atoms with Crippen molar-refractivity contribution in [1.29, 1.82) is 0 Å². The Bertz CT molecular complexity index is 306. The van der Waals surface area contributed by atoms with Gasteiger partial charge in [-0.15, -0.1) is 0 Å². The van der Waals surface area contributed by atoms with E-state index in [4.69, 9.17) is 5.11 Å². The summed E-state index contributed by atoms with van der Waals surface area (Å²) in [4.78, 5) is 0. The van der Waals surface area contributed by atoms with Crippen molar-refractivity contribution in [2.45, 2.75) is 40.0 Å². The zero-order valence-electron chi connectivity index (χ0n) is 11.3. The van der Waals surface area contributed by atoms with Gasteiger partial charge >= 0.3 is 0 Å². The molecule has 0 saturated heterocycles. The fraction of sp³-hybridized carbons (Fsp3) is 0.867. The van der Waals surface area contributed by atoms with E-state index in [1.807, 2.05) is 0 Å². The van der Waals surface area contributed by atoms with Crippen molar-refractivity contribution in [2.24, 2.45) is 29.1 Å². The minimum Gasteiger partial charge on any atom is -0.396 e. The van der Waals surface area contributed by atoms with Crippen LogP contribution in [0.2, 0.25) is 0 Å². The Morgan fingerprint density at radius 1 is 1.29 bits per heavy atom.